The fraction of sp³-hybridized carbons (Fsp3) is 0.348. The first-order valence-electron chi connectivity index (χ1n) is 9.87. The van der Waals surface area contributed by atoms with Gasteiger partial charge in [-0.3, -0.25) is 9.59 Å². The van der Waals surface area contributed by atoms with Crippen LogP contribution in [0.15, 0.2) is 53.4 Å². The largest absolute Gasteiger partial charge is 0.455 e. The lowest BCUT2D eigenvalue weighted by atomic mass is 9.69. The van der Waals surface area contributed by atoms with E-state index in [2.05, 4.69) is 11.4 Å². The lowest BCUT2D eigenvalue weighted by Crippen LogP contribution is -2.40. The molecule has 2 aromatic carbocycles. The van der Waals surface area contributed by atoms with Crippen LogP contribution in [0.1, 0.15) is 37.7 Å². The van der Waals surface area contributed by atoms with E-state index in [1.165, 1.54) is 11.8 Å². The molecule has 1 saturated carbocycles. The summed E-state index contributed by atoms with van der Waals surface area (Å²) in [6, 6.07) is 16.6. The number of para-hydroxylation sites is 1. The van der Waals surface area contributed by atoms with E-state index >= 15 is 0 Å². The zero-order valence-electron chi connectivity index (χ0n) is 16.5. The summed E-state index contributed by atoms with van der Waals surface area (Å²) >= 11 is 7.50. The van der Waals surface area contributed by atoms with Crippen molar-refractivity contribution < 1.29 is 14.3 Å². The van der Waals surface area contributed by atoms with Crippen LogP contribution in [0, 0.1) is 11.3 Å². The Bertz CT molecular complexity index is 951. The molecule has 0 radical (unpaired) electrons. The van der Waals surface area contributed by atoms with Gasteiger partial charge in [-0.05, 0) is 42.7 Å². The molecule has 0 atom stereocenters. The van der Waals surface area contributed by atoms with Crippen molar-refractivity contribution >= 4 is 40.9 Å². The number of nitriles is 1. The molecule has 0 saturated heterocycles. The fourth-order valence-corrected chi connectivity index (χ4v) is 4.67. The minimum absolute atomic E-state index is 0.282. The number of hydrogen-bond acceptors (Lipinski definition) is 5. The molecule has 0 spiro atoms. The van der Waals surface area contributed by atoms with Crippen LogP contribution in [0.4, 0.5) is 5.69 Å². The lowest BCUT2D eigenvalue weighted by molar-refractivity contribution is -0.154. The van der Waals surface area contributed by atoms with Crippen LogP contribution in [0.2, 0.25) is 5.02 Å². The number of nitrogens with zero attached hydrogens (tertiary/aromatic N) is 1. The van der Waals surface area contributed by atoms with Crippen LogP contribution in [-0.2, 0) is 19.7 Å². The molecule has 1 amide bonds. The van der Waals surface area contributed by atoms with Crippen LogP contribution in [-0.4, -0.2) is 24.2 Å². The molecule has 1 fully saturated rings. The number of thioether (sulfide) groups is 1. The van der Waals surface area contributed by atoms with Gasteiger partial charge >= 0.3 is 5.97 Å². The first kappa shape index (κ1) is 22.2. The quantitative estimate of drug-likeness (QED) is 0.462. The van der Waals surface area contributed by atoms with Crippen molar-refractivity contribution in [2.45, 2.75) is 42.4 Å². The third-order valence-electron chi connectivity index (χ3n) is 5.26. The smallest absolute Gasteiger partial charge is 0.317 e. The first-order valence-corrected chi connectivity index (χ1v) is 11.2. The summed E-state index contributed by atoms with van der Waals surface area (Å²) in [7, 11) is 0. The number of amides is 1. The molecule has 156 valence electrons. The van der Waals surface area contributed by atoms with Gasteiger partial charge in [-0.2, -0.15) is 5.26 Å². The van der Waals surface area contributed by atoms with Crippen molar-refractivity contribution in [2.24, 2.45) is 0 Å². The molecular weight excluding hydrogens is 420 g/mol. The molecule has 0 unspecified atom stereocenters. The maximum atomic E-state index is 13.1. The highest BCUT2D eigenvalue weighted by Crippen LogP contribution is 2.41. The SMILES string of the molecule is N#CCSc1ccccc1NC(=O)COC(=O)C1(c2cccc(Cl)c2)CCCCC1. The average Bonchev–Trinajstić information content (AvgIpc) is 2.77. The predicted octanol–water partition coefficient (Wildman–Crippen LogP) is 5.34. The van der Waals surface area contributed by atoms with Crippen molar-refractivity contribution in [3.63, 3.8) is 0 Å². The Morgan fingerprint density at radius 3 is 2.63 bits per heavy atom. The Kier molecular flexibility index (Phi) is 7.78. The molecule has 0 bridgehead atoms. The van der Waals surface area contributed by atoms with Gasteiger partial charge in [0.15, 0.2) is 6.61 Å². The Morgan fingerprint density at radius 2 is 1.90 bits per heavy atom. The maximum Gasteiger partial charge on any atom is 0.317 e. The van der Waals surface area contributed by atoms with E-state index in [0.29, 0.717) is 23.6 Å². The van der Waals surface area contributed by atoms with Crippen LogP contribution >= 0.6 is 23.4 Å². The standard InChI is InChI=1S/C23H23ClN2O3S/c24-18-8-6-7-17(15-18)23(11-4-1-5-12-23)22(28)29-16-21(27)26-19-9-2-3-10-20(19)30-14-13-25/h2-3,6-10,15H,1,4-5,11-12,14,16H2,(H,26,27). The van der Waals surface area contributed by atoms with Gasteiger partial charge in [-0.1, -0.05) is 55.1 Å². The van der Waals surface area contributed by atoms with Crippen molar-refractivity contribution in [3.05, 3.63) is 59.1 Å². The van der Waals surface area contributed by atoms with Crippen molar-refractivity contribution in [3.8, 4) is 6.07 Å². The number of carbonyl (C=O) groups is 2. The van der Waals surface area contributed by atoms with Gasteiger partial charge in [-0.15, -0.1) is 11.8 Å². The van der Waals surface area contributed by atoms with Gasteiger partial charge in [0.1, 0.15) is 0 Å². The second kappa shape index (κ2) is 10.5. The number of ether oxygens (including phenoxy) is 1. The van der Waals surface area contributed by atoms with Gasteiger partial charge in [0.05, 0.1) is 22.9 Å². The summed E-state index contributed by atoms with van der Waals surface area (Å²) in [6.07, 6.45) is 4.30. The van der Waals surface area contributed by atoms with Gasteiger partial charge < -0.3 is 10.1 Å². The van der Waals surface area contributed by atoms with Crippen molar-refractivity contribution in [1.82, 2.24) is 0 Å². The van der Waals surface area contributed by atoms with E-state index in [9.17, 15) is 9.59 Å². The molecule has 1 aliphatic carbocycles. The second-order valence-electron chi connectivity index (χ2n) is 7.22. The summed E-state index contributed by atoms with van der Waals surface area (Å²) in [5, 5.41) is 12.1. The van der Waals surface area contributed by atoms with E-state index in [4.69, 9.17) is 21.6 Å². The second-order valence-corrected chi connectivity index (χ2v) is 8.67. The van der Waals surface area contributed by atoms with Crippen LogP contribution in [0.5, 0.6) is 0 Å². The average molecular weight is 443 g/mol. The van der Waals surface area contributed by atoms with Crippen LogP contribution < -0.4 is 5.32 Å². The normalized spacial score (nSPS) is 15.1. The molecule has 0 heterocycles. The molecule has 1 aliphatic rings. The van der Waals surface area contributed by atoms with Crippen LogP contribution in [0.3, 0.4) is 0 Å². The summed E-state index contributed by atoms with van der Waals surface area (Å²) in [4.78, 5) is 26.3. The van der Waals surface area contributed by atoms with E-state index in [1.54, 1.807) is 18.2 Å². The molecule has 30 heavy (non-hydrogen) atoms. The highest BCUT2D eigenvalue weighted by molar-refractivity contribution is 7.99. The maximum absolute atomic E-state index is 13.1. The molecule has 0 aromatic heterocycles. The Balaban J connectivity index is 1.68. The van der Waals surface area contributed by atoms with E-state index in [0.717, 1.165) is 29.7 Å². The minimum Gasteiger partial charge on any atom is -0.455 e. The number of anilines is 1. The first-order chi connectivity index (χ1) is 14.5. The molecule has 3 rings (SSSR count). The number of nitrogens with one attached hydrogen (secondary N) is 1. The van der Waals surface area contributed by atoms with Gasteiger partial charge in [0, 0.05) is 9.92 Å². The van der Waals surface area contributed by atoms with E-state index in [1.807, 2.05) is 30.3 Å². The predicted molar refractivity (Wildman–Crippen MR) is 119 cm³/mol. The van der Waals surface area contributed by atoms with Gasteiger partial charge in [0.25, 0.3) is 5.91 Å². The van der Waals surface area contributed by atoms with Crippen LogP contribution in [0.25, 0.3) is 0 Å². The van der Waals surface area contributed by atoms with E-state index in [-0.39, 0.29) is 18.3 Å². The third-order valence-corrected chi connectivity index (χ3v) is 6.44. The summed E-state index contributed by atoms with van der Waals surface area (Å²) in [5.41, 5.74) is 0.684. The number of carbonyl (C=O) groups excluding carboxylic acids is 2. The lowest BCUT2D eigenvalue weighted by Gasteiger charge is -2.35. The van der Waals surface area contributed by atoms with Gasteiger partial charge in [0.2, 0.25) is 0 Å². The minimum atomic E-state index is -0.760. The van der Waals surface area contributed by atoms with Gasteiger partial charge in [-0.25, -0.2) is 0 Å². The number of halogens is 1. The third kappa shape index (κ3) is 5.35. The zero-order valence-corrected chi connectivity index (χ0v) is 18.1. The van der Waals surface area contributed by atoms with E-state index < -0.39 is 11.3 Å². The molecule has 0 aliphatic heterocycles. The number of benzene rings is 2. The molecule has 5 nitrogen and oxygen atoms in total. The number of rotatable bonds is 7. The zero-order chi connectivity index (χ0) is 21.4. The molecular formula is C23H23ClN2O3S. The molecule has 1 N–H and O–H groups in total. The monoisotopic (exact) mass is 442 g/mol. The topological polar surface area (TPSA) is 79.2 Å². The highest BCUT2D eigenvalue weighted by atomic mass is 35.5. The molecule has 2 aromatic rings. The number of hydrogen-bond donors (Lipinski definition) is 1. The summed E-state index contributed by atoms with van der Waals surface area (Å²) < 4.78 is 5.48. The summed E-state index contributed by atoms with van der Waals surface area (Å²) in [6.45, 7) is -0.363. The Labute approximate surface area is 185 Å². The van der Waals surface area contributed by atoms with Crippen molar-refractivity contribution in [2.75, 3.05) is 17.7 Å². The molecule has 7 heteroatoms. The number of esters is 1. The Morgan fingerprint density at radius 1 is 1.13 bits per heavy atom. The summed E-state index contributed by atoms with van der Waals surface area (Å²) in [5.74, 6) is -0.513. The fourth-order valence-electron chi connectivity index (χ4n) is 3.81. The van der Waals surface area contributed by atoms with Crippen molar-refractivity contribution in [1.29, 1.82) is 5.26 Å². The highest BCUT2D eigenvalue weighted by Gasteiger charge is 2.43. The Hall–Kier alpha value is -2.49.